The Morgan fingerprint density at radius 1 is 0.375 bits per heavy atom. The molecule has 234 valence electrons. The zero-order valence-corrected chi connectivity index (χ0v) is 25.5. The monoisotopic (exact) mass is 570 g/mol. The van der Waals surface area contributed by atoms with Gasteiger partial charge in [0, 0.05) is 6.61 Å². The molecule has 0 amide bonds. The van der Waals surface area contributed by atoms with E-state index in [9.17, 15) is 0 Å². The van der Waals surface area contributed by atoms with Crippen molar-refractivity contribution < 1.29 is 37.9 Å². The van der Waals surface area contributed by atoms with E-state index in [2.05, 4.69) is 38.1 Å². The molecule has 1 aromatic carbocycles. The van der Waals surface area contributed by atoms with Crippen LogP contribution in [0.3, 0.4) is 0 Å². The van der Waals surface area contributed by atoms with Crippen molar-refractivity contribution in [1.29, 1.82) is 0 Å². The summed E-state index contributed by atoms with van der Waals surface area (Å²) in [6, 6.07) is 8.45. The van der Waals surface area contributed by atoms with Gasteiger partial charge in [-0.2, -0.15) is 0 Å². The van der Waals surface area contributed by atoms with Crippen LogP contribution in [-0.2, 0) is 39.6 Å². The summed E-state index contributed by atoms with van der Waals surface area (Å²) in [5.74, 6) is 0.893. The summed E-state index contributed by atoms with van der Waals surface area (Å²) in [7, 11) is 0. The molecule has 0 atom stereocenters. The van der Waals surface area contributed by atoms with E-state index in [1.54, 1.807) is 0 Å². The number of hydrogen-bond acceptors (Lipinski definition) is 8. The lowest BCUT2D eigenvalue weighted by Crippen LogP contribution is -2.15. The molecule has 0 saturated carbocycles. The third kappa shape index (κ3) is 25.7. The van der Waals surface area contributed by atoms with Crippen molar-refractivity contribution in [3.05, 3.63) is 29.8 Å². The summed E-state index contributed by atoms with van der Waals surface area (Å²) in [6.07, 6.45) is 11.4. The Labute approximate surface area is 244 Å². The molecule has 0 aliphatic rings. The van der Waals surface area contributed by atoms with Crippen molar-refractivity contribution in [2.24, 2.45) is 0 Å². The van der Waals surface area contributed by atoms with Crippen molar-refractivity contribution in [3.63, 3.8) is 0 Å². The Balaban J connectivity index is 1.74. The topological polar surface area (TPSA) is 73.8 Å². The molecule has 0 saturated heterocycles. The average molecular weight is 571 g/mol. The Morgan fingerprint density at radius 3 is 1.20 bits per heavy atom. The highest BCUT2D eigenvalue weighted by molar-refractivity contribution is 5.27. The number of ether oxygens (including phenoxy) is 8. The van der Waals surface area contributed by atoms with Crippen molar-refractivity contribution in [2.45, 2.75) is 71.6 Å². The highest BCUT2D eigenvalue weighted by Crippen LogP contribution is 2.15. The molecule has 8 nitrogen and oxygen atoms in total. The van der Waals surface area contributed by atoms with Crippen molar-refractivity contribution >= 4 is 0 Å². The second-order valence-electron chi connectivity index (χ2n) is 9.65. The van der Waals surface area contributed by atoms with Gasteiger partial charge in [0.05, 0.1) is 85.9 Å². The molecule has 0 N–H and O–H groups in total. The van der Waals surface area contributed by atoms with Crippen LogP contribution in [0, 0.1) is 0 Å². The fraction of sp³-hybridized carbons (Fsp3) is 0.812. The van der Waals surface area contributed by atoms with Crippen molar-refractivity contribution in [2.75, 3.05) is 99.1 Å². The van der Waals surface area contributed by atoms with Crippen LogP contribution >= 0.6 is 0 Å². The first kappa shape index (κ1) is 36.8. The SMILES string of the molecule is CCCCCCCCc1ccc(OCCOCCOCCOCCOCCOCCOCCOCCCC)cc1. The highest BCUT2D eigenvalue weighted by Gasteiger charge is 1.98. The van der Waals surface area contributed by atoms with Crippen LogP contribution in [-0.4, -0.2) is 99.1 Å². The van der Waals surface area contributed by atoms with E-state index >= 15 is 0 Å². The van der Waals surface area contributed by atoms with Gasteiger partial charge < -0.3 is 37.9 Å². The molecule has 0 aliphatic carbocycles. The normalized spacial score (nSPS) is 11.3. The molecule has 40 heavy (non-hydrogen) atoms. The first-order valence-electron chi connectivity index (χ1n) is 15.6. The van der Waals surface area contributed by atoms with Gasteiger partial charge in [-0.3, -0.25) is 0 Å². The summed E-state index contributed by atoms with van der Waals surface area (Å²) in [5.41, 5.74) is 1.38. The van der Waals surface area contributed by atoms with Gasteiger partial charge in [-0.1, -0.05) is 64.5 Å². The quantitative estimate of drug-likeness (QED) is 0.0994. The van der Waals surface area contributed by atoms with E-state index in [-0.39, 0.29) is 0 Å². The van der Waals surface area contributed by atoms with Gasteiger partial charge in [-0.15, -0.1) is 0 Å². The highest BCUT2D eigenvalue weighted by atomic mass is 16.6. The Hall–Kier alpha value is -1.26. The van der Waals surface area contributed by atoms with Crippen LogP contribution in [0.5, 0.6) is 5.75 Å². The zero-order valence-electron chi connectivity index (χ0n) is 25.5. The zero-order chi connectivity index (χ0) is 28.6. The molecule has 8 heteroatoms. The summed E-state index contributed by atoms with van der Waals surface area (Å²) >= 11 is 0. The molecule has 0 aliphatic heterocycles. The molecular weight excluding hydrogens is 512 g/mol. The average Bonchev–Trinajstić information content (AvgIpc) is 2.98. The fourth-order valence-electron chi connectivity index (χ4n) is 3.75. The van der Waals surface area contributed by atoms with Gasteiger partial charge >= 0.3 is 0 Å². The lowest BCUT2D eigenvalue weighted by atomic mass is 10.0. The molecule has 0 spiro atoms. The molecule has 0 radical (unpaired) electrons. The predicted octanol–water partition coefficient (Wildman–Crippen LogP) is 5.88. The minimum atomic E-state index is 0.535. The molecular formula is C32H58O8. The van der Waals surface area contributed by atoms with E-state index in [4.69, 9.17) is 37.9 Å². The van der Waals surface area contributed by atoms with Crippen LogP contribution in [0.25, 0.3) is 0 Å². The summed E-state index contributed by atoms with van der Waals surface area (Å²) < 4.78 is 44.2. The maximum absolute atomic E-state index is 5.76. The van der Waals surface area contributed by atoms with Crippen molar-refractivity contribution in [1.82, 2.24) is 0 Å². The third-order valence-corrected chi connectivity index (χ3v) is 6.11. The first-order valence-corrected chi connectivity index (χ1v) is 15.6. The van der Waals surface area contributed by atoms with Crippen LogP contribution < -0.4 is 4.74 Å². The number of aryl methyl sites for hydroxylation is 1. The van der Waals surface area contributed by atoms with Crippen LogP contribution in [0.1, 0.15) is 70.8 Å². The standard InChI is InChI=1S/C32H58O8/c1-3-5-7-8-9-10-11-31-12-14-32(15-13-31)40-30-29-39-28-27-38-26-25-37-24-23-36-22-21-35-20-19-34-18-17-33-16-6-4-2/h12-15H,3-11,16-30H2,1-2H3. The van der Waals surface area contributed by atoms with E-state index in [0.29, 0.717) is 92.5 Å². The van der Waals surface area contributed by atoms with E-state index < -0.39 is 0 Å². The van der Waals surface area contributed by atoms with E-state index in [1.807, 2.05) is 0 Å². The smallest absolute Gasteiger partial charge is 0.119 e. The van der Waals surface area contributed by atoms with Gasteiger partial charge in [0.1, 0.15) is 12.4 Å². The number of hydrogen-bond donors (Lipinski definition) is 0. The van der Waals surface area contributed by atoms with Gasteiger partial charge in [0.15, 0.2) is 0 Å². The molecule has 0 fully saturated rings. The molecule has 0 bridgehead atoms. The predicted molar refractivity (Wildman–Crippen MR) is 160 cm³/mol. The van der Waals surface area contributed by atoms with E-state index in [0.717, 1.165) is 31.6 Å². The molecule has 0 unspecified atom stereocenters. The van der Waals surface area contributed by atoms with Crippen LogP contribution in [0.4, 0.5) is 0 Å². The lowest BCUT2D eigenvalue weighted by Gasteiger charge is -2.09. The molecule has 0 aromatic heterocycles. The maximum atomic E-state index is 5.76. The first-order chi connectivity index (χ1) is 19.9. The molecule has 1 aromatic rings. The number of rotatable bonds is 32. The van der Waals surface area contributed by atoms with Gasteiger partial charge in [-0.25, -0.2) is 0 Å². The van der Waals surface area contributed by atoms with Crippen LogP contribution in [0.2, 0.25) is 0 Å². The Kier molecular flexibility index (Phi) is 28.2. The Bertz CT molecular complexity index is 613. The van der Waals surface area contributed by atoms with Crippen molar-refractivity contribution in [3.8, 4) is 5.75 Å². The summed E-state index contributed by atoms with van der Waals surface area (Å²) in [6.45, 7) is 13.0. The lowest BCUT2D eigenvalue weighted by molar-refractivity contribution is -0.0212. The molecule has 1 rings (SSSR count). The summed E-state index contributed by atoms with van der Waals surface area (Å²) in [5, 5.41) is 0. The van der Waals surface area contributed by atoms with Gasteiger partial charge in [0.2, 0.25) is 0 Å². The second-order valence-corrected chi connectivity index (χ2v) is 9.65. The minimum Gasteiger partial charge on any atom is -0.491 e. The molecule has 0 heterocycles. The van der Waals surface area contributed by atoms with Crippen LogP contribution in [0.15, 0.2) is 24.3 Å². The number of unbranched alkanes of at least 4 members (excludes halogenated alkanes) is 6. The van der Waals surface area contributed by atoms with E-state index in [1.165, 1.54) is 44.1 Å². The second kappa shape index (κ2) is 30.7. The minimum absolute atomic E-state index is 0.535. The number of benzene rings is 1. The van der Waals surface area contributed by atoms with Gasteiger partial charge in [-0.05, 0) is 37.0 Å². The van der Waals surface area contributed by atoms with Gasteiger partial charge in [0.25, 0.3) is 0 Å². The largest absolute Gasteiger partial charge is 0.491 e. The summed E-state index contributed by atoms with van der Waals surface area (Å²) in [4.78, 5) is 0. The fourth-order valence-corrected chi connectivity index (χ4v) is 3.75. The maximum Gasteiger partial charge on any atom is 0.119 e. The Morgan fingerprint density at radius 2 is 0.750 bits per heavy atom. The third-order valence-electron chi connectivity index (χ3n) is 6.11.